The van der Waals surface area contributed by atoms with Gasteiger partial charge < -0.3 is 25.4 Å². The van der Waals surface area contributed by atoms with E-state index >= 15 is 0 Å². The molecule has 1 fully saturated rings. The Morgan fingerprint density at radius 1 is 0.872 bits per heavy atom. The van der Waals surface area contributed by atoms with Crippen LogP contribution in [0, 0.1) is 5.41 Å². The minimum absolute atomic E-state index is 0.0573. The number of rotatable bonds is 14. The van der Waals surface area contributed by atoms with Gasteiger partial charge in [0.25, 0.3) is 0 Å². The number of unbranched alkanes of at least 4 members (excludes halogenated alkanes) is 1. The molecule has 1 aliphatic rings. The van der Waals surface area contributed by atoms with Crippen molar-refractivity contribution in [3.8, 4) is 0 Å². The van der Waals surface area contributed by atoms with Crippen LogP contribution in [0.15, 0.2) is 30.3 Å². The number of carbonyl (C=O) groups excluding carboxylic acids is 4. The number of benzene rings is 1. The fraction of sp³-hybridized carbons (Fsp3) is 0.480. The third kappa shape index (κ3) is 7.75. The van der Waals surface area contributed by atoms with Crippen molar-refractivity contribution < 1.29 is 53.6 Å². The van der Waals surface area contributed by atoms with Crippen molar-refractivity contribution in [3.63, 3.8) is 0 Å². The number of urea groups is 1. The minimum Gasteiger partial charge on any atom is -0.481 e. The highest BCUT2D eigenvalue weighted by Gasteiger charge is 2.57. The number of amides is 5. The maximum atomic E-state index is 13.2. The van der Waals surface area contributed by atoms with Crippen molar-refractivity contribution in [2.75, 3.05) is 6.54 Å². The van der Waals surface area contributed by atoms with Gasteiger partial charge in [0.15, 0.2) is 0 Å². The SMILES string of the molecule is CC1(C)C(=O)N(C(CCCCNC(=O)OCc2ccccc2)C(=O)O)C(=O)N([C@@H](CCC(=O)O)C(=O)O)C1=O. The topological polar surface area (TPSA) is 208 Å². The first-order valence-corrected chi connectivity index (χ1v) is 12.1. The lowest BCUT2D eigenvalue weighted by Gasteiger charge is -2.44. The summed E-state index contributed by atoms with van der Waals surface area (Å²) in [5, 5.41) is 30.8. The Hall–Kier alpha value is -4.49. The number of nitrogens with one attached hydrogen (secondary N) is 1. The van der Waals surface area contributed by atoms with Gasteiger partial charge in [-0.3, -0.25) is 14.4 Å². The quantitative estimate of drug-likeness (QED) is 0.194. The second-order valence-electron chi connectivity index (χ2n) is 9.38. The van der Waals surface area contributed by atoms with E-state index in [1.54, 1.807) is 24.3 Å². The molecule has 0 bridgehead atoms. The molecule has 1 aliphatic heterocycles. The fourth-order valence-electron chi connectivity index (χ4n) is 3.95. The average Bonchev–Trinajstić information content (AvgIpc) is 2.87. The summed E-state index contributed by atoms with van der Waals surface area (Å²) in [6, 6.07) is 3.86. The molecule has 2 atom stereocenters. The molecular formula is C25H31N3O11. The Kier molecular flexibility index (Phi) is 10.5. The van der Waals surface area contributed by atoms with E-state index in [2.05, 4.69) is 5.32 Å². The zero-order valence-corrected chi connectivity index (χ0v) is 21.5. The van der Waals surface area contributed by atoms with Crippen LogP contribution in [0.3, 0.4) is 0 Å². The maximum Gasteiger partial charge on any atom is 0.407 e. The van der Waals surface area contributed by atoms with E-state index in [9.17, 15) is 43.8 Å². The Morgan fingerprint density at radius 3 is 1.92 bits per heavy atom. The van der Waals surface area contributed by atoms with Crippen LogP contribution < -0.4 is 5.32 Å². The summed E-state index contributed by atoms with van der Waals surface area (Å²) >= 11 is 0. The van der Waals surface area contributed by atoms with Gasteiger partial charge in [-0.05, 0) is 45.1 Å². The summed E-state index contributed by atoms with van der Waals surface area (Å²) in [6.07, 6.45) is -1.88. The molecule has 0 aliphatic carbocycles. The van der Waals surface area contributed by atoms with E-state index in [1.165, 1.54) is 0 Å². The molecule has 39 heavy (non-hydrogen) atoms. The molecule has 212 valence electrons. The molecule has 0 saturated carbocycles. The van der Waals surface area contributed by atoms with Crippen LogP contribution in [0.5, 0.6) is 0 Å². The van der Waals surface area contributed by atoms with Gasteiger partial charge in [-0.1, -0.05) is 30.3 Å². The second-order valence-corrected chi connectivity index (χ2v) is 9.38. The number of barbiturate groups is 1. The van der Waals surface area contributed by atoms with Crippen LogP contribution in [0.4, 0.5) is 9.59 Å². The number of nitrogens with zero attached hydrogens (tertiary/aromatic N) is 2. The van der Waals surface area contributed by atoms with Crippen molar-refractivity contribution in [1.82, 2.24) is 15.1 Å². The van der Waals surface area contributed by atoms with E-state index in [-0.39, 0.29) is 37.3 Å². The molecule has 1 aromatic rings. The molecule has 0 aromatic heterocycles. The van der Waals surface area contributed by atoms with Gasteiger partial charge in [0, 0.05) is 13.0 Å². The highest BCUT2D eigenvalue weighted by molar-refractivity contribution is 6.20. The summed E-state index contributed by atoms with van der Waals surface area (Å²) in [5.74, 6) is -6.90. The van der Waals surface area contributed by atoms with Crippen molar-refractivity contribution >= 4 is 41.8 Å². The van der Waals surface area contributed by atoms with Gasteiger partial charge in [0.05, 0.1) is 0 Å². The lowest BCUT2D eigenvalue weighted by Crippen LogP contribution is -2.69. The Balaban J connectivity index is 2.07. The highest BCUT2D eigenvalue weighted by Crippen LogP contribution is 2.33. The lowest BCUT2D eigenvalue weighted by atomic mass is 9.85. The molecule has 1 saturated heterocycles. The van der Waals surface area contributed by atoms with Crippen LogP contribution >= 0.6 is 0 Å². The number of aliphatic carboxylic acids is 3. The third-order valence-electron chi connectivity index (χ3n) is 6.13. The largest absolute Gasteiger partial charge is 0.481 e. The molecule has 4 N–H and O–H groups in total. The van der Waals surface area contributed by atoms with Crippen molar-refractivity contribution in [2.24, 2.45) is 5.41 Å². The molecule has 0 radical (unpaired) electrons. The predicted octanol–water partition coefficient (Wildman–Crippen LogP) is 1.67. The van der Waals surface area contributed by atoms with E-state index in [0.717, 1.165) is 19.4 Å². The van der Waals surface area contributed by atoms with Gasteiger partial charge in [-0.15, -0.1) is 0 Å². The maximum absolute atomic E-state index is 13.2. The van der Waals surface area contributed by atoms with Crippen molar-refractivity contribution in [1.29, 1.82) is 0 Å². The zero-order valence-electron chi connectivity index (χ0n) is 21.5. The zero-order chi connectivity index (χ0) is 29.3. The smallest absolute Gasteiger partial charge is 0.407 e. The predicted molar refractivity (Wildman–Crippen MR) is 131 cm³/mol. The third-order valence-corrected chi connectivity index (χ3v) is 6.13. The fourth-order valence-corrected chi connectivity index (χ4v) is 3.95. The monoisotopic (exact) mass is 549 g/mol. The number of ether oxygens (including phenoxy) is 1. The first kappa shape index (κ1) is 30.7. The number of carboxylic acid groups (broad SMARTS) is 3. The van der Waals surface area contributed by atoms with E-state index in [4.69, 9.17) is 9.84 Å². The Labute approximate surface area is 223 Å². The molecule has 1 aromatic carbocycles. The first-order chi connectivity index (χ1) is 18.3. The van der Waals surface area contributed by atoms with Gasteiger partial charge in [0.2, 0.25) is 11.8 Å². The van der Waals surface area contributed by atoms with Gasteiger partial charge in [-0.2, -0.15) is 0 Å². The van der Waals surface area contributed by atoms with E-state index in [1.807, 2.05) is 6.07 Å². The number of carboxylic acids is 3. The Morgan fingerprint density at radius 2 is 1.41 bits per heavy atom. The average molecular weight is 550 g/mol. The number of hydrogen-bond acceptors (Lipinski definition) is 8. The molecule has 2 rings (SSSR count). The summed E-state index contributed by atoms with van der Waals surface area (Å²) in [6.45, 7) is 2.42. The summed E-state index contributed by atoms with van der Waals surface area (Å²) in [5.41, 5.74) is -1.20. The van der Waals surface area contributed by atoms with Crippen LogP contribution in [-0.4, -0.2) is 85.6 Å². The molecule has 1 unspecified atom stereocenters. The van der Waals surface area contributed by atoms with Crippen LogP contribution in [-0.2, 0) is 35.3 Å². The van der Waals surface area contributed by atoms with Crippen LogP contribution in [0.2, 0.25) is 0 Å². The van der Waals surface area contributed by atoms with E-state index in [0.29, 0.717) is 4.90 Å². The van der Waals surface area contributed by atoms with Crippen molar-refractivity contribution in [2.45, 2.75) is 64.6 Å². The summed E-state index contributed by atoms with van der Waals surface area (Å²) < 4.78 is 5.07. The molecule has 14 heteroatoms. The molecule has 0 spiro atoms. The normalized spacial score (nSPS) is 16.4. The number of imide groups is 2. The first-order valence-electron chi connectivity index (χ1n) is 12.1. The van der Waals surface area contributed by atoms with Gasteiger partial charge in [-0.25, -0.2) is 29.0 Å². The minimum atomic E-state index is -1.98. The summed E-state index contributed by atoms with van der Waals surface area (Å²) in [4.78, 5) is 86.5. The molecule has 1 heterocycles. The van der Waals surface area contributed by atoms with Gasteiger partial charge in [0.1, 0.15) is 24.1 Å². The molecule has 14 nitrogen and oxygen atoms in total. The number of carbonyl (C=O) groups is 7. The lowest BCUT2D eigenvalue weighted by molar-refractivity contribution is -0.167. The van der Waals surface area contributed by atoms with E-state index < -0.39 is 72.2 Å². The molecule has 5 amide bonds. The number of alkyl carbamates (subject to hydrolysis) is 1. The van der Waals surface area contributed by atoms with Gasteiger partial charge >= 0.3 is 30.0 Å². The Bertz CT molecular complexity index is 1120. The summed E-state index contributed by atoms with van der Waals surface area (Å²) in [7, 11) is 0. The number of hydrogen-bond donors (Lipinski definition) is 4. The van der Waals surface area contributed by atoms with Crippen molar-refractivity contribution in [3.05, 3.63) is 35.9 Å². The molecular weight excluding hydrogens is 518 g/mol. The second kappa shape index (κ2) is 13.3. The van der Waals surface area contributed by atoms with Crippen LogP contribution in [0.25, 0.3) is 0 Å². The standard InChI is InChI=1S/C25H31N3O11/c1-25(2)21(35)27(24(38)28(22(25)36)17(20(33)34)11-12-18(29)30)16(19(31)32)10-6-7-13-26-23(37)39-14-15-8-4-3-5-9-15/h3-5,8-9,16-17H,6-7,10-14H2,1-2H3,(H,26,37)(H,29,30)(H,31,32)(H,33,34)/t16?,17-/m0/s1. The highest BCUT2D eigenvalue weighted by atomic mass is 16.5. The van der Waals surface area contributed by atoms with Crippen LogP contribution in [0.1, 0.15) is 51.5 Å².